The minimum absolute atomic E-state index is 0.843. The molecule has 0 aliphatic rings. The van der Waals surface area contributed by atoms with Crippen LogP contribution in [0.15, 0.2) is 12.3 Å². The van der Waals surface area contributed by atoms with Gasteiger partial charge in [-0.3, -0.25) is 0 Å². The maximum atomic E-state index is 4.70. The van der Waals surface area contributed by atoms with Crippen LogP contribution in [0.3, 0.4) is 0 Å². The highest BCUT2D eigenvalue weighted by molar-refractivity contribution is 6.09. The zero-order chi connectivity index (χ0) is 4.99. The van der Waals surface area contributed by atoms with Crippen molar-refractivity contribution in [3.05, 3.63) is 12.3 Å². The second-order valence-electron chi connectivity index (χ2n) is 1.10. The van der Waals surface area contributed by atoms with Crippen LogP contribution in [0.2, 0.25) is 6.32 Å². The third kappa shape index (κ3) is 1.88. The van der Waals surface area contributed by atoms with Gasteiger partial charge in [0, 0.05) is 0 Å². The summed E-state index contributed by atoms with van der Waals surface area (Å²) in [6, 6.07) is 0. The first-order valence-corrected chi connectivity index (χ1v) is 2.03. The number of rotatable bonds is 2. The van der Waals surface area contributed by atoms with Crippen molar-refractivity contribution in [1.82, 2.24) is 0 Å². The van der Waals surface area contributed by atoms with Crippen molar-refractivity contribution >= 4 is 7.85 Å². The van der Waals surface area contributed by atoms with E-state index in [1.165, 1.54) is 0 Å². The van der Waals surface area contributed by atoms with Crippen molar-refractivity contribution in [3.8, 4) is 0 Å². The summed E-state index contributed by atoms with van der Waals surface area (Å²) >= 11 is 0. The van der Waals surface area contributed by atoms with Crippen molar-refractivity contribution in [2.45, 2.75) is 6.32 Å². The first kappa shape index (κ1) is 5.60. The van der Waals surface area contributed by atoms with Gasteiger partial charge in [-0.15, -0.1) is 0 Å². The van der Waals surface area contributed by atoms with E-state index in [-0.39, 0.29) is 0 Å². The molecule has 0 saturated heterocycles. The smallest absolute Gasteiger partial charge is 0.111 e. The summed E-state index contributed by atoms with van der Waals surface area (Å²) in [5.74, 6) is 0.843. The molecule has 0 aromatic rings. The van der Waals surface area contributed by atoms with Gasteiger partial charge in [-0.2, -0.15) is 0 Å². The Morgan fingerprint density at radius 2 is 2.50 bits per heavy atom. The highest BCUT2D eigenvalue weighted by atomic mass is 16.5. The van der Waals surface area contributed by atoms with Gasteiger partial charge in [0.05, 0.1) is 12.9 Å². The van der Waals surface area contributed by atoms with Gasteiger partial charge >= 0.3 is 0 Å². The van der Waals surface area contributed by atoms with Crippen molar-refractivity contribution in [3.63, 3.8) is 0 Å². The molecule has 0 saturated carbocycles. The third-order valence-electron chi connectivity index (χ3n) is 0.683. The summed E-state index contributed by atoms with van der Waals surface area (Å²) in [6.45, 7) is 3.57. The molecule has 0 heterocycles. The lowest BCUT2D eigenvalue weighted by molar-refractivity contribution is 0.296. The summed E-state index contributed by atoms with van der Waals surface area (Å²) in [7, 11) is 3.64. The average molecular weight is 83.9 g/mol. The van der Waals surface area contributed by atoms with E-state index in [0.29, 0.717) is 0 Å². The Hall–Kier alpha value is -0.395. The summed E-state index contributed by atoms with van der Waals surface area (Å²) in [6.07, 6.45) is 0.913. The Labute approximate surface area is 39.4 Å². The molecule has 0 radical (unpaired) electrons. The van der Waals surface area contributed by atoms with E-state index in [4.69, 9.17) is 4.74 Å². The standard InChI is InChI=1S/C4H9BO/c1-4(3-5)6-2/h1,3,5H2,2H3. The van der Waals surface area contributed by atoms with E-state index in [1.807, 2.05) is 7.85 Å². The number of ether oxygens (including phenoxy) is 1. The molecule has 0 aromatic carbocycles. The largest absolute Gasteiger partial charge is 0.502 e. The topological polar surface area (TPSA) is 9.23 Å². The first-order chi connectivity index (χ1) is 2.81. The second-order valence-corrected chi connectivity index (χ2v) is 1.10. The second kappa shape index (κ2) is 2.82. The van der Waals surface area contributed by atoms with E-state index in [9.17, 15) is 0 Å². The molecule has 0 amide bonds. The molecule has 0 aliphatic heterocycles. The summed E-state index contributed by atoms with van der Waals surface area (Å²) in [4.78, 5) is 0. The molecule has 0 atom stereocenters. The zero-order valence-electron chi connectivity index (χ0n) is 4.32. The highest BCUT2D eigenvalue weighted by Gasteiger charge is 1.78. The number of methoxy groups -OCH3 is 1. The van der Waals surface area contributed by atoms with Crippen LogP contribution < -0.4 is 0 Å². The summed E-state index contributed by atoms with van der Waals surface area (Å²) in [5, 5.41) is 0. The van der Waals surface area contributed by atoms with Gasteiger partial charge < -0.3 is 4.74 Å². The van der Waals surface area contributed by atoms with Gasteiger partial charge in [-0.05, 0) is 6.32 Å². The van der Waals surface area contributed by atoms with Gasteiger partial charge in [-0.25, -0.2) is 0 Å². The van der Waals surface area contributed by atoms with Gasteiger partial charge in [0.1, 0.15) is 7.85 Å². The van der Waals surface area contributed by atoms with Gasteiger partial charge in [0.25, 0.3) is 0 Å². The van der Waals surface area contributed by atoms with Crippen LogP contribution in [0.5, 0.6) is 0 Å². The summed E-state index contributed by atoms with van der Waals surface area (Å²) in [5.41, 5.74) is 0. The molecule has 0 spiro atoms. The molecular weight excluding hydrogens is 74.9 g/mol. The monoisotopic (exact) mass is 84.1 g/mol. The average Bonchev–Trinajstić information content (AvgIpc) is 1.65. The minimum atomic E-state index is 0.843. The number of hydrogen-bond acceptors (Lipinski definition) is 1. The van der Waals surface area contributed by atoms with Crippen molar-refractivity contribution in [1.29, 1.82) is 0 Å². The van der Waals surface area contributed by atoms with E-state index in [1.54, 1.807) is 7.11 Å². The fourth-order valence-corrected chi connectivity index (χ4v) is 0.144. The van der Waals surface area contributed by atoms with Crippen LogP contribution in [0.25, 0.3) is 0 Å². The molecule has 2 heteroatoms. The lowest BCUT2D eigenvalue weighted by Gasteiger charge is -1.94. The molecular formula is C4H9BO. The Kier molecular flexibility index (Phi) is 2.64. The normalized spacial score (nSPS) is 7.50. The van der Waals surface area contributed by atoms with Crippen molar-refractivity contribution in [2.24, 2.45) is 0 Å². The van der Waals surface area contributed by atoms with Gasteiger partial charge in [0.2, 0.25) is 0 Å². The van der Waals surface area contributed by atoms with Crippen LogP contribution in [0, 0.1) is 0 Å². The Balaban J connectivity index is 2.99. The fraction of sp³-hybridized carbons (Fsp3) is 0.500. The molecule has 0 rings (SSSR count). The fourth-order valence-electron chi connectivity index (χ4n) is 0.144. The molecule has 0 aromatic heterocycles. The predicted octanol–water partition coefficient (Wildman–Crippen LogP) is 0.198. The van der Waals surface area contributed by atoms with Crippen LogP contribution in [-0.4, -0.2) is 15.0 Å². The van der Waals surface area contributed by atoms with Crippen molar-refractivity contribution < 1.29 is 4.74 Å². The maximum absolute atomic E-state index is 4.70. The lowest BCUT2D eigenvalue weighted by Crippen LogP contribution is -1.79. The molecule has 0 fully saturated rings. The molecule has 0 N–H and O–H groups in total. The Bertz CT molecular complexity index is 45.5. The van der Waals surface area contributed by atoms with Crippen LogP contribution in [-0.2, 0) is 4.74 Å². The molecule has 6 heavy (non-hydrogen) atoms. The first-order valence-electron chi connectivity index (χ1n) is 2.03. The third-order valence-corrected chi connectivity index (χ3v) is 0.683. The van der Waals surface area contributed by atoms with Gasteiger partial charge in [0.15, 0.2) is 0 Å². The van der Waals surface area contributed by atoms with E-state index < -0.39 is 0 Å². The zero-order valence-corrected chi connectivity index (χ0v) is 4.32. The van der Waals surface area contributed by atoms with E-state index in [0.717, 1.165) is 12.1 Å². The maximum Gasteiger partial charge on any atom is 0.111 e. The SMILES string of the molecule is BCC(=C)OC. The highest BCUT2D eigenvalue weighted by Crippen LogP contribution is 1.91. The molecule has 34 valence electrons. The van der Waals surface area contributed by atoms with Crippen LogP contribution in [0.1, 0.15) is 0 Å². The Morgan fingerprint density at radius 3 is 2.50 bits per heavy atom. The van der Waals surface area contributed by atoms with Crippen LogP contribution >= 0.6 is 0 Å². The van der Waals surface area contributed by atoms with E-state index in [2.05, 4.69) is 6.58 Å². The van der Waals surface area contributed by atoms with Gasteiger partial charge in [-0.1, -0.05) is 6.58 Å². The number of hydrogen-bond donors (Lipinski definition) is 0. The van der Waals surface area contributed by atoms with Crippen LogP contribution in [0.4, 0.5) is 0 Å². The quantitative estimate of drug-likeness (QED) is 0.343. The molecule has 0 unspecified atom stereocenters. The molecule has 1 nitrogen and oxygen atoms in total. The number of allylic oxidation sites excluding steroid dienone is 1. The Morgan fingerprint density at radius 1 is 2.00 bits per heavy atom. The predicted molar refractivity (Wildman–Crippen MR) is 29.5 cm³/mol. The minimum Gasteiger partial charge on any atom is -0.502 e. The molecule has 0 aliphatic carbocycles. The van der Waals surface area contributed by atoms with Crippen molar-refractivity contribution in [2.75, 3.05) is 7.11 Å². The van der Waals surface area contributed by atoms with E-state index >= 15 is 0 Å². The lowest BCUT2D eigenvalue weighted by atomic mass is 10.0. The summed E-state index contributed by atoms with van der Waals surface area (Å²) < 4.78 is 4.70. The molecule has 0 bridgehead atoms.